The van der Waals surface area contributed by atoms with Gasteiger partial charge in [0.1, 0.15) is 34.6 Å². The predicted octanol–water partition coefficient (Wildman–Crippen LogP) is 6.07. The molecule has 4 heterocycles. The molecular formula is C31H44N8. The lowest BCUT2D eigenvalue weighted by atomic mass is 9.75. The highest BCUT2D eigenvalue weighted by Gasteiger charge is 2.41. The highest BCUT2D eigenvalue weighted by molar-refractivity contribution is 5.87. The van der Waals surface area contributed by atoms with Gasteiger partial charge >= 0.3 is 0 Å². The molecule has 0 aromatic carbocycles. The zero-order chi connectivity index (χ0) is 28.3. The largest absolute Gasteiger partial charge is 0.383 e. The Morgan fingerprint density at radius 1 is 0.769 bits per heavy atom. The van der Waals surface area contributed by atoms with Crippen LogP contribution in [0.15, 0.2) is 42.7 Å². The third-order valence-electron chi connectivity index (χ3n) is 8.03. The Hall–Kier alpha value is -3.68. The van der Waals surface area contributed by atoms with Crippen molar-refractivity contribution in [3.8, 4) is 0 Å². The van der Waals surface area contributed by atoms with Crippen LogP contribution >= 0.6 is 0 Å². The molecule has 0 saturated heterocycles. The van der Waals surface area contributed by atoms with Gasteiger partial charge in [-0.25, -0.2) is 19.9 Å². The zero-order valence-electron chi connectivity index (χ0n) is 24.8. The van der Waals surface area contributed by atoms with Crippen LogP contribution in [0.5, 0.6) is 0 Å². The molecule has 0 radical (unpaired) electrons. The first-order valence-electron chi connectivity index (χ1n) is 14.1. The average Bonchev–Trinajstić information content (AvgIpc) is 2.94. The van der Waals surface area contributed by atoms with Crippen LogP contribution in [0.3, 0.4) is 0 Å². The van der Waals surface area contributed by atoms with E-state index in [1.165, 1.54) is 5.57 Å². The van der Waals surface area contributed by atoms with Crippen molar-refractivity contribution in [2.75, 3.05) is 49.0 Å². The number of nitrogen functional groups attached to an aromatic ring is 1. The molecule has 8 heteroatoms. The Kier molecular flexibility index (Phi) is 8.42. The SMILES string of the molecule is CCC(CC)C1=CC(c2ccc(N(C)C)nc2)(c2ccc(N(C)C)nc2)Nc2nc(C(CC)CC)nc(N)c21. The van der Waals surface area contributed by atoms with Crippen molar-refractivity contribution in [1.82, 2.24) is 19.9 Å². The first kappa shape index (κ1) is 28.3. The first-order chi connectivity index (χ1) is 18.7. The lowest BCUT2D eigenvalue weighted by Gasteiger charge is -2.40. The highest BCUT2D eigenvalue weighted by Crippen LogP contribution is 2.48. The topological polar surface area (TPSA) is 96.1 Å². The van der Waals surface area contributed by atoms with E-state index in [1.54, 1.807) is 0 Å². The standard InChI is InChI=1S/C31H44N8/c1-9-20(10-2)24-17-31(22-13-15-25(33-18-22)38(5)6,23-14-16-26(34-19-23)39(7)8)37-30-27(24)28(32)35-29(36-30)21(11-3)12-4/h13-21H,9-12H2,1-8H3,(H3,32,35,36,37). The van der Waals surface area contributed by atoms with Crippen molar-refractivity contribution in [1.29, 1.82) is 0 Å². The Balaban J connectivity index is 2.03. The number of fused-ring (bicyclic) bond motifs is 1. The van der Waals surface area contributed by atoms with Gasteiger partial charge in [0.2, 0.25) is 0 Å². The molecule has 0 atom stereocenters. The van der Waals surface area contributed by atoms with Crippen LogP contribution in [0.1, 0.15) is 81.8 Å². The maximum Gasteiger partial charge on any atom is 0.140 e. The second kappa shape index (κ2) is 11.6. The summed E-state index contributed by atoms with van der Waals surface area (Å²) in [6, 6.07) is 8.41. The third-order valence-corrected chi connectivity index (χ3v) is 8.03. The summed E-state index contributed by atoms with van der Waals surface area (Å²) in [6.45, 7) is 8.82. The molecule has 0 amide bonds. The van der Waals surface area contributed by atoms with Gasteiger partial charge in [-0.1, -0.05) is 39.8 Å². The van der Waals surface area contributed by atoms with E-state index in [1.807, 2.05) is 50.4 Å². The minimum Gasteiger partial charge on any atom is -0.383 e. The summed E-state index contributed by atoms with van der Waals surface area (Å²) in [5, 5.41) is 3.84. The lowest BCUT2D eigenvalue weighted by molar-refractivity contribution is 0.592. The molecule has 1 aliphatic heterocycles. The second-order valence-corrected chi connectivity index (χ2v) is 10.8. The minimum atomic E-state index is -0.730. The van der Waals surface area contributed by atoms with Gasteiger partial charge in [-0.3, -0.25) is 0 Å². The molecule has 39 heavy (non-hydrogen) atoms. The van der Waals surface area contributed by atoms with Gasteiger partial charge in [0, 0.05) is 57.6 Å². The number of hydrogen-bond donors (Lipinski definition) is 2. The first-order valence-corrected chi connectivity index (χ1v) is 14.1. The number of rotatable bonds is 10. The number of nitrogens with zero attached hydrogens (tertiary/aromatic N) is 6. The number of pyridine rings is 2. The summed E-state index contributed by atoms with van der Waals surface area (Å²) in [5.74, 6) is 4.48. The summed E-state index contributed by atoms with van der Waals surface area (Å²) in [4.78, 5) is 23.6. The van der Waals surface area contributed by atoms with Crippen molar-refractivity contribution < 1.29 is 0 Å². The normalized spacial score (nSPS) is 14.2. The summed E-state index contributed by atoms with van der Waals surface area (Å²) < 4.78 is 0. The predicted molar refractivity (Wildman–Crippen MR) is 163 cm³/mol. The van der Waals surface area contributed by atoms with E-state index >= 15 is 0 Å². The van der Waals surface area contributed by atoms with Crippen LogP contribution < -0.4 is 20.9 Å². The van der Waals surface area contributed by atoms with Crippen LogP contribution in [0.2, 0.25) is 0 Å². The number of hydrogen-bond acceptors (Lipinski definition) is 8. The van der Waals surface area contributed by atoms with E-state index in [9.17, 15) is 0 Å². The van der Waals surface area contributed by atoms with Crippen LogP contribution in [0, 0.1) is 5.92 Å². The van der Waals surface area contributed by atoms with Crippen molar-refractivity contribution >= 4 is 28.8 Å². The van der Waals surface area contributed by atoms with E-state index in [-0.39, 0.29) is 5.92 Å². The van der Waals surface area contributed by atoms with Crippen molar-refractivity contribution in [2.45, 2.75) is 64.8 Å². The van der Waals surface area contributed by atoms with Gasteiger partial charge in [0.25, 0.3) is 0 Å². The Morgan fingerprint density at radius 2 is 1.28 bits per heavy atom. The maximum atomic E-state index is 6.73. The summed E-state index contributed by atoms with van der Waals surface area (Å²) >= 11 is 0. The molecule has 0 spiro atoms. The Labute approximate surface area is 233 Å². The molecule has 3 aromatic heterocycles. The van der Waals surface area contributed by atoms with Gasteiger partial charge in [0.15, 0.2) is 0 Å². The molecule has 0 unspecified atom stereocenters. The minimum absolute atomic E-state index is 0.249. The van der Waals surface area contributed by atoms with Crippen LogP contribution in [-0.4, -0.2) is 48.1 Å². The molecule has 3 N–H and O–H groups in total. The van der Waals surface area contributed by atoms with Crippen LogP contribution in [0.25, 0.3) is 5.57 Å². The van der Waals surface area contributed by atoms with Gasteiger partial charge in [-0.2, -0.15) is 0 Å². The molecule has 8 nitrogen and oxygen atoms in total. The number of allylic oxidation sites excluding steroid dienone is 1. The fourth-order valence-corrected chi connectivity index (χ4v) is 5.53. The number of aromatic nitrogens is 4. The molecule has 4 rings (SSSR count). The summed E-state index contributed by atoms with van der Waals surface area (Å²) in [6.07, 6.45) is 10.1. The zero-order valence-corrected chi connectivity index (χ0v) is 24.8. The van der Waals surface area contributed by atoms with E-state index < -0.39 is 5.54 Å². The third kappa shape index (κ3) is 5.29. The van der Waals surface area contributed by atoms with Crippen LogP contribution in [0.4, 0.5) is 23.3 Å². The van der Waals surface area contributed by atoms with Crippen molar-refractivity contribution in [3.05, 3.63) is 65.2 Å². The smallest absolute Gasteiger partial charge is 0.140 e. The van der Waals surface area contributed by atoms with Crippen molar-refractivity contribution in [2.24, 2.45) is 5.92 Å². The molecule has 0 fully saturated rings. The number of nitrogens with one attached hydrogen (secondary N) is 1. The second-order valence-electron chi connectivity index (χ2n) is 10.8. The molecule has 3 aromatic rings. The Morgan fingerprint density at radius 3 is 1.69 bits per heavy atom. The van der Waals surface area contributed by atoms with E-state index in [2.05, 4.69) is 63.4 Å². The summed E-state index contributed by atoms with van der Waals surface area (Å²) in [5.41, 5.74) is 10.1. The monoisotopic (exact) mass is 528 g/mol. The quantitative estimate of drug-likeness (QED) is 0.327. The molecule has 1 aliphatic rings. The van der Waals surface area contributed by atoms with Crippen LogP contribution in [-0.2, 0) is 5.54 Å². The molecule has 0 saturated carbocycles. The fraction of sp³-hybridized carbons (Fsp3) is 0.484. The average molecular weight is 529 g/mol. The van der Waals surface area contributed by atoms with Gasteiger partial charge in [-0.05, 0) is 55.4 Å². The van der Waals surface area contributed by atoms with E-state index in [0.29, 0.717) is 11.7 Å². The molecule has 208 valence electrons. The number of nitrogens with two attached hydrogens (primary N) is 1. The fourth-order valence-electron chi connectivity index (χ4n) is 5.53. The van der Waals surface area contributed by atoms with Gasteiger partial charge in [-0.15, -0.1) is 0 Å². The van der Waals surface area contributed by atoms with Gasteiger partial charge < -0.3 is 20.9 Å². The Bertz CT molecular complexity index is 1240. The van der Waals surface area contributed by atoms with E-state index in [4.69, 9.17) is 25.7 Å². The van der Waals surface area contributed by atoms with E-state index in [0.717, 1.165) is 65.7 Å². The van der Waals surface area contributed by atoms with Gasteiger partial charge in [0.05, 0.1) is 5.56 Å². The maximum absolute atomic E-state index is 6.73. The number of anilines is 4. The lowest BCUT2D eigenvalue weighted by Crippen LogP contribution is -2.39. The summed E-state index contributed by atoms with van der Waals surface area (Å²) in [7, 11) is 8.00. The molecule has 0 bridgehead atoms. The molecule has 0 aliphatic carbocycles. The van der Waals surface area contributed by atoms with Crippen molar-refractivity contribution in [3.63, 3.8) is 0 Å². The highest BCUT2D eigenvalue weighted by atomic mass is 15.2. The molecular weight excluding hydrogens is 484 g/mol.